The fourth-order valence-electron chi connectivity index (χ4n) is 4.07. The first-order chi connectivity index (χ1) is 14.4. The van der Waals surface area contributed by atoms with Gasteiger partial charge in [0.15, 0.2) is 0 Å². The number of amides is 2. The van der Waals surface area contributed by atoms with Crippen molar-refractivity contribution in [2.45, 2.75) is 37.5 Å². The summed E-state index contributed by atoms with van der Waals surface area (Å²) in [5.74, 6) is -0.590. The second-order valence-electron chi connectivity index (χ2n) is 7.67. The first kappa shape index (κ1) is 20.3. The van der Waals surface area contributed by atoms with Gasteiger partial charge in [-0.05, 0) is 42.3 Å². The number of hydrogen-bond acceptors (Lipinski definition) is 4. The molecule has 6 nitrogen and oxygen atoms in total. The normalized spacial score (nSPS) is 23.3. The molecule has 30 heavy (non-hydrogen) atoms. The summed E-state index contributed by atoms with van der Waals surface area (Å²) in [5.41, 5.74) is 1.14. The van der Waals surface area contributed by atoms with E-state index in [-0.39, 0.29) is 30.0 Å². The van der Waals surface area contributed by atoms with E-state index in [1.807, 2.05) is 24.3 Å². The Labute approximate surface area is 173 Å². The molecule has 2 heterocycles. The lowest BCUT2D eigenvalue weighted by atomic mass is 10.0. The van der Waals surface area contributed by atoms with Gasteiger partial charge in [0.2, 0.25) is 11.8 Å². The summed E-state index contributed by atoms with van der Waals surface area (Å²) in [4.78, 5) is 27.1. The number of piperazine rings is 1. The number of rotatable bonds is 6. The molecule has 2 fully saturated rings. The van der Waals surface area contributed by atoms with E-state index >= 15 is 0 Å². The second kappa shape index (κ2) is 8.39. The van der Waals surface area contributed by atoms with Crippen LogP contribution < -0.4 is 15.4 Å². The number of halogens is 2. The molecule has 2 aromatic carbocycles. The molecule has 0 aromatic heterocycles. The fourth-order valence-corrected chi connectivity index (χ4v) is 4.07. The van der Waals surface area contributed by atoms with Gasteiger partial charge in [-0.25, -0.2) is 8.78 Å². The summed E-state index contributed by atoms with van der Waals surface area (Å²) in [6, 6.07) is 9.33. The number of carbonyl (C=O) groups is 2. The van der Waals surface area contributed by atoms with Crippen molar-refractivity contribution in [3.63, 3.8) is 0 Å². The molecule has 2 saturated heterocycles. The summed E-state index contributed by atoms with van der Waals surface area (Å²) in [5, 5.41) is 5.97. The van der Waals surface area contributed by atoms with Crippen molar-refractivity contribution in [2.24, 2.45) is 0 Å². The van der Waals surface area contributed by atoms with E-state index in [1.54, 1.807) is 12.0 Å². The highest BCUT2D eigenvalue weighted by Crippen LogP contribution is 2.25. The van der Waals surface area contributed by atoms with Gasteiger partial charge in [0, 0.05) is 31.1 Å². The van der Waals surface area contributed by atoms with Crippen LogP contribution in [0.25, 0.3) is 0 Å². The van der Waals surface area contributed by atoms with Crippen LogP contribution in [0.3, 0.4) is 0 Å². The summed E-state index contributed by atoms with van der Waals surface area (Å²) in [6.45, 7) is 0.479. The summed E-state index contributed by atoms with van der Waals surface area (Å²) < 4.78 is 32.3. The van der Waals surface area contributed by atoms with Gasteiger partial charge in [-0.3, -0.25) is 9.59 Å². The zero-order chi connectivity index (χ0) is 21.3. The molecular formula is C22H23F2N3O3. The number of nitrogens with zero attached hydrogens (tertiary/aromatic N) is 1. The van der Waals surface area contributed by atoms with Crippen LogP contribution in [0.1, 0.15) is 17.5 Å². The van der Waals surface area contributed by atoms with Crippen LogP contribution in [0.15, 0.2) is 42.5 Å². The number of hydrogen-bond donors (Lipinski definition) is 2. The molecule has 0 unspecified atom stereocenters. The summed E-state index contributed by atoms with van der Waals surface area (Å²) in [7, 11) is 1.58. The minimum Gasteiger partial charge on any atom is -0.497 e. The van der Waals surface area contributed by atoms with E-state index in [4.69, 9.17) is 4.74 Å². The largest absolute Gasteiger partial charge is 0.497 e. The number of ether oxygens (including phenoxy) is 1. The molecule has 8 heteroatoms. The Morgan fingerprint density at radius 3 is 2.67 bits per heavy atom. The first-order valence-electron chi connectivity index (χ1n) is 9.85. The third kappa shape index (κ3) is 4.14. The first-order valence-corrected chi connectivity index (χ1v) is 9.85. The quantitative estimate of drug-likeness (QED) is 0.755. The zero-order valence-electron chi connectivity index (χ0n) is 16.5. The van der Waals surface area contributed by atoms with E-state index in [9.17, 15) is 18.4 Å². The Kier molecular flexibility index (Phi) is 5.67. The van der Waals surface area contributed by atoms with Crippen molar-refractivity contribution in [1.82, 2.24) is 15.5 Å². The van der Waals surface area contributed by atoms with E-state index in [1.165, 1.54) is 0 Å². The van der Waals surface area contributed by atoms with Gasteiger partial charge in [-0.1, -0.05) is 12.1 Å². The molecule has 2 N–H and O–H groups in total. The molecular weight excluding hydrogens is 392 g/mol. The van der Waals surface area contributed by atoms with Crippen molar-refractivity contribution in [1.29, 1.82) is 0 Å². The molecule has 0 saturated carbocycles. The Balaban J connectivity index is 1.39. The molecule has 158 valence electrons. The number of carbonyl (C=O) groups excluding carboxylic acids is 2. The Morgan fingerprint density at radius 2 is 1.93 bits per heavy atom. The molecule has 0 aliphatic carbocycles. The lowest BCUT2D eigenvalue weighted by molar-refractivity contribution is -0.147. The van der Waals surface area contributed by atoms with Gasteiger partial charge in [0.05, 0.1) is 7.11 Å². The zero-order valence-corrected chi connectivity index (χ0v) is 16.5. The Bertz CT molecular complexity index is 951. The van der Waals surface area contributed by atoms with Gasteiger partial charge in [-0.2, -0.15) is 0 Å². The third-order valence-corrected chi connectivity index (χ3v) is 5.69. The second-order valence-corrected chi connectivity index (χ2v) is 7.67. The Hall–Kier alpha value is -3.00. The molecule has 2 amide bonds. The standard InChI is InChI=1S/C22H23F2N3O3/c1-30-17-5-2-13(3-6-17)8-19-22(29)27-12-16(10-20(27)21(28)26-19)25-11-14-9-15(23)4-7-18(14)24/h2-7,9,16,19-20,25H,8,10-12H2,1H3,(H,26,28)/t16-,19-,20-/m0/s1. The van der Waals surface area contributed by atoms with Crippen molar-refractivity contribution in [2.75, 3.05) is 13.7 Å². The predicted molar refractivity (Wildman–Crippen MR) is 106 cm³/mol. The molecule has 2 aromatic rings. The molecule has 0 radical (unpaired) electrons. The van der Waals surface area contributed by atoms with E-state index in [2.05, 4.69) is 10.6 Å². The molecule has 2 aliphatic heterocycles. The topological polar surface area (TPSA) is 70.7 Å². The van der Waals surface area contributed by atoms with Crippen LogP contribution in [0, 0.1) is 11.6 Å². The SMILES string of the molecule is COc1ccc(C[C@@H]2NC(=O)[C@@H]3C[C@H](NCc4cc(F)ccc4F)CN3C2=O)cc1. The third-order valence-electron chi connectivity index (χ3n) is 5.69. The maximum absolute atomic E-state index is 13.8. The average Bonchev–Trinajstić information content (AvgIpc) is 3.18. The smallest absolute Gasteiger partial charge is 0.246 e. The number of nitrogens with one attached hydrogen (secondary N) is 2. The fraction of sp³-hybridized carbons (Fsp3) is 0.364. The highest BCUT2D eigenvalue weighted by atomic mass is 19.1. The van der Waals surface area contributed by atoms with Crippen molar-refractivity contribution in [3.05, 3.63) is 65.2 Å². The van der Waals surface area contributed by atoms with Gasteiger partial charge >= 0.3 is 0 Å². The monoisotopic (exact) mass is 415 g/mol. The van der Waals surface area contributed by atoms with Gasteiger partial charge in [0.1, 0.15) is 29.5 Å². The summed E-state index contributed by atoms with van der Waals surface area (Å²) in [6.07, 6.45) is 0.828. The van der Waals surface area contributed by atoms with E-state index in [0.29, 0.717) is 19.4 Å². The number of fused-ring (bicyclic) bond motifs is 1. The van der Waals surface area contributed by atoms with Crippen molar-refractivity contribution in [3.8, 4) is 5.75 Å². The highest BCUT2D eigenvalue weighted by Gasteiger charge is 2.46. The lowest BCUT2D eigenvalue weighted by Gasteiger charge is -2.34. The van der Waals surface area contributed by atoms with Gasteiger partial charge in [-0.15, -0.1) is 0 Å². The maximum Gasteiger partial charge on any atom is 0.246 e. The maximum atomic E-state index is 13.8. The van der Waals surface area contributed by atoms with Crippen molar-refractivity contribution < 1.29 is 23.1 Å². The number of benzene rings is 2. The number of methoxy groups -OCH3 is 1. The van der Waals surface area contributed by atoms with Gasteiger partial charge in [0.25, 0.3) is 0 Å². The molecule has 3 atom stereocenters. The predicted octanol–water partition coefficient (Wildman–Crippen LogP) is 1.77. The minimum atomic E-state index is -0.624. The van der Waals surface area contributed by atoms with Gasteiger partial charge < -0.3 is 20.3 Å². The minimum absolute atomic E-state index is 0.125. The van der Waals surface area contributed by atoms with Crippen LogP contribution in [0.5, 0.6) is 5.75 Å². The molecule has 4 rings (SSSR count). The van der Waals surface area contributed by atoms with E-state index < -0.39 is 23.7 Å². The van der Waals surface area contributed by atoms with Crippen LogP contribution in [0.2, 0.25) is 0 Å². The van der Waals surface area contributed by atoms with Crippen LogP contribution in [0.4, 0.5) is 8.78 Å². The molecule has 0 spiro atoms. The van der Waals surface area contributed by atoms with Crippen LogP contribution >= 0.6 is 0 Å². The van der Waals surface area contributed by atoms with E-state index in [0.717, 1.165) is 29.5 Å². The highest BCUT2D eigenvalue weighted by molar-refractivity contribution is 5.97. The average molecular weight is 415 g/mol. The van der Waals surface area contributed by atoms with Crippen LogP contribution in [-0.4, -0.2) is 48.5 Å². The van der Waals surface area contributed by atoms with Crippen molar-refractivity contribution >= 4 is 11.8 Å². The lowest BCUT2D eigenvalue weighted by Crippen LogP contribution is -2.61. The molecule has 0 bridgehead atoms. The Morgan fingerprint density at radius 1 is 1.17 bits per heavy atom. The summed E-state index contributed by atoms with van der Waals surface area (Å²) >= 11 is 0. The van der Waals surface area contributed by atoms with Crippen LogP contribution in [-0.2, 0) is 22.6 Å². The molecule has 2 aliphatic rings.